The van der Waals surface area contributed by atoms with Crippen molar-refractivity contribution >= 4 is 44.7 Å². The molecular weight excluding hydrogens is 362 g/mol. The van der Waals surface area contributed by atoms with Gasteiger partial charge < -0.3 is 15.1 Å². The Morgan fingerprint density at radius 3 is 2.93 bits per heavy atom. The highest BCUT2D eigenvalue weighted by atomic mass is 16.1. The van der Waals surface area contributed by atoms with E-state index >= 15 is 0 Å². The summed E-state index contributed by atoms with van der Waals surface area (Å²) >= 11 is 0. The molecule has 3 heterocycles. The SMILES string of the molecule is CCC/C(=C\CCC(C)=O)c1cc2c(Nc3ccc4[nH]ncc4c3)ccnc2[nH]1. The first-order valence-corrected chi connectivity index (χ1v) is 10.0. The van der Waals surface area contributed by atoms with Gasteiger partial charge in [0, 0.05) is 34.8 Å². The third kappa shape index (κ3) is 4.21. The van der Waals surface area contributed by atoms with Gasteiger partial charge in [0.05, 0.1) is 17.4 Å². The van der Waals surface area contributed by atoms with Crippen molar-refractivity contribution in [3.05, 3.63) is 54.5 Å². The number of carbonyl (C=O) groups is 1. The molecule has 0 aliphatic heterocycles. The Morgan fingerprint density at radius 2 is 2.10 bits per heavy atom. The Hall–Kier alpha value is -3.41. The number of allylic oxidation sites excluding steroid dienone is 2. The zero-order valence-corrected chi connectivity index (χ0v) is 16.7. The molecule has 0 amide bonds. The van der Waals surface area contributed by atoms with Gasteiger partial charge in [-0.1, -0.05) is 19.4 Å². The van der Waals surface area contributed by atoms with Gasteiger partial charge in [0.1, 0.15) is 11.4 Å². The number of pyridine rings is 1. The van der Waals surface area contributed by atoms with Gasteiger partial charge in [-0.2, -0.15) is 5.10 Å². The summed E-state index contributed by atoms with van der Waals surface area (Å²) in [6.45, 7) is 3.80. The molecule has 4 rings (SSSR count). The Balaban J connectivity index is 1.65. The molecule has 1 aromatic carbocycles. The number of nitrogens with zero attached hydrogens (tertiary/aromatic N) is 2. The zero-order valence-electron chi connectivity index (χ0n) is 16.7. The van der Waals surface area contributed by atoms with Gasteiger partial charge in [0.25, 0.3) is 0 Å². The topological polar surface area (TPSA) is 86.5 Å². The van der Waals surface area contributed by atoms with Crippen molar-refractivity contribution in [1.82, 2.24) is 20.2 Å². The number of aromatic amines is 2. The summed E-state index contributed by atoms with van der Waals surface area (Å²) in [7, 11) is 0. The largest absolute Gasteiger partial charge is 0.355 e. The smallest absolute Gasteiger partial charge is 0.139 e. The number of anilines is 2. The van der Waals surface area contributed by atoms with Crippen LogP contribution in [0.15, 0.2) is 48.8 Å². The average Bonchev–Trinajstić information content (AvgIpc) is 3.34. The molecule has 0 atom stereocenters. The summed E-state index contributed by atoms with van der Waals surface area (Å²) in [5.74, 6) is 0.219. The number of nitrogens with one attached hydrogen (secondary N) is 3. The number of ketones is 1. The lowest BCUT2D eigenvalue weighted by Gasteiger charge is -2.07. The number of fused-ring (bicyclic) bond motifs is 2. The van der Waals surface area contributed by atoms with Crippen molar-refractivity contribution in [2.24, 2.45) is 0 Å². The number of rotatable bonds is 8. The molecule has 0 aliphatic rings. The van der Waals surface area contributed by atoms with Crippen LogP contribution in [0.25, 0.3) is 27.5 Å². The monoisotopic (exact) mass is 387 g/mol. The lowest BCUT2D eigenvalue weighted by molar-refractivity contribution is -0.116. The van der Waals surface area contributed by atoms with E-state index in [9.17, 15) is 4.79 Å². The summed E-state index contributed by atoms with van der Waals surface area (Å²) in [6, 6.07) is 10.3. The van der Waals surface area contributed by atoms with Crippen molar-refractivity contribution in [2.45, 2.75) is 39.5 Å². The number of carbonyl (C=O) groups excluding carboxylic acids is 1. The second-order valence-corrected chi connectivity index (χ2v) is 7.32. The van der Waals surface area contributed by atoms with Crippen LogP contribution < -0.4 is 5.32 Å². The summed E-state index contributed by atoms with van der Waals surface area (Å²) in [5.41, 5.74) is 6.16. The predicted octanol–water partition coefficient (Wildman–Crippen LogP) is 5.74. The van der Waals surface area contributed by atoms with Crippen LogP contribution in [0.4, 0.5) is 11.4 Å². The number of Topliss-reactive ketones (excluding diaryl/α,β-unsaturated/α-hetero) is 1. The van der Waals surface area contributed by atoms with Gasteiger partial charge in [0.2, 0.25) is 0 Å². The Morgan fingerprint density at radius 1 is 1.21 bits per heavy atom. The number of benzene rings is 1. The number of hydrogen-bond donors (Lipinski definition) is 3. The number of hydrogen-bond acceptors (Lipinski definition) is 4. The van der Waals surface area contributed by atoms with E-state index in [4.69, 9.17) is 0 Å². The van der Waals surface area contributed by atoms with E-state index in [1.807, 2.05) is 24.4 Å². The third-order valence-electron chi connectivity index (χ3n) is 5.00. The number of aromatic nitrogens is 4. The van der Waals surface area contributed by atoms with Gasteiger partial charge in [-0.15, -0.1) is 0 Å². The molecule has 0 saturated heterocycles. The molecule has 0 unspecified atom stereocenters. The molecule has 29 heavy (non-hydrogen) atoms. The average molecular weight is 387 g/mol. The molecule has 6 nitrogen and oxygen atoms in total. The van der Waals surface area contributed by atoms with Crippen molar-refractivity contribution in [3.63, 3.8) is 0 Å². The lowest BCUT2D eigenvalue weighted by atomic mass is 10.0. The van der Waals surface area contributed by atoms with Crippen LogP contribution in [0.5, 0.6) is 0 Å². The summed E-state index contributed by atoms with van der Waals surface area (Å²) < 4.78 is 0. The van der Waals surface area contributed by atoms with Crippen LogP contribution in [0, 0.1) is 0 Å². The number of H-pyrrole nitrogens is 2. The molecule has 3 N–H and O–H groups in total. The van der Waals surface area contributed by atoms with E-state index in [1.165, 1.54) is 5.57 Å². The van der Waals surface area contributed by atoms with E-state index in [0.717, 1.165) is 58.3 Å². The van der Waals surface area contributed by atoms with Gasteiger partial charge in [-0.25, -0.2) is 4.98 Å². The molecule has 6 heteroatoms. The fourth-order valence-corrected chi connectivity index (χ4v) is 3.55. The highest BCUT2D eigenvalue weighted by molar-refractivity contribution is 5.95. The fourth-order valence-electron chi connectivity index (χ4n) is 3.55. The molecule has 4 aromatic rings. The molecule has 0 spiro atoms. The van der Waals surface area contributed by atoms with Crippen molar-refractivity contribution < 1.29 is 4.79 Å². The highest BCUT2D eigenvalue weighted by Crippen LogP contribution is 2.30. The molecule has 148 valence electrons. The fraction of sp³-hybridized carbons (Fsp3) is 0.261. The van der Waals surface area contributed by atoms with Crippen molar-refractivity contribution in [2.75, 3.05) is 5.32 Å². The van der Waals surface area contributed by atoms with Crippen LogP contribution >= 0.6 is 0 Å². The minimum absolute atomic E-state index is 0.219. The maximum atomic E-state index is 11.3. The minimum Gasteiger partial charge on any atom is -0.355 e. The van der Waals surface area contributed by atoms with E-state index in [1.54, 1.807) is 13.1 Å². The standard InChI is InChI=1S/C23H25N5O/c1-3-5-16(7-4-6-15(2)29)22-13-19-21(10-11-24-23(19)27-22)26-18-8-9-20-17(12-18)14-25-28-20/h7-14H,3-6H2,1-2H3,(H,25,28)(H2,24,26,27)/b16-7+. The quantitative estimate of drug-likeness (QED) is 0.360. The summed E-state index contributed by atoms with van der Waals surface area (Å²) in [6.07, 6.45) is 9.16. The van der Waals surface area contributed by atoms with Crippen LogP contribution in [0.2, 0.25) is 0 Å². The summed E-state index contributed by atoms with van der Waals surface area (Å²) in [4.78, 5) is 19.2. The van der Waals surface area contributed by atoms with Crippen molar-refractivity contribution in [3.8, 4) is 0 Å². The molecule has 0 saturated carbocycles. The van der Waals surface area contributed by atoms with Gasteiger partial charge in [0.15, 0.2) is 0 Å². The second kappa shape index (κ2) is 8.31. The summed E-state index contributed by atoms with van der Waals surface area (Å²) in [5, 5.41) is 12.7. The van der Waals surface area contributed by atoms with E-state index in [0.29, 0.717) is 6.42 Å². The predicted molar refractivity (Wildman–Crippen MR) is 118 cm³/mol. The first kappa shape index (κ1) is 18.9. The molecule has 0 bridgehead atoms. The van der Waals surface area contributed by atoms with E-state index in [-0.39, 0.29) is 5.78 Å². The maximum Gasteiger partial charge on any atom is 0.139 e. The van der Waals surface area contributed by atoms with Gasteiger partial charge in [-0.05, 0) is 55.7 Å². The normalized spacial score (nSPS) is 12.0. The van der Waals surface area contributed by atoms with Crippen molar-refractivity contribution in [1.29, 1.82) is 0 Å². The molecule has 0 aliphatic carbocycles. The first-order valence-electron chi connectivity index (χ1n) is 10.0. The van der Waals surface area contributed by atoms with E-state index < -0.39 is 0 Å². The van der Waals surface area contributed by atoms with Gasteiger partial charge in [-0.3, -0.25) is 5.10 Å². The Labute approximate surface area is 169 Å². The molecule has 0 fully saturated rings. The van der Waals surface area contributed by atoms with E-state index in [2.05, 4.69) is 50.6 Å². The minimum atomic E-state index is 0.219. The van der Waals surface area contributed by atoms with Gasteiger partial charge >= 0.3 is 0 Å². The van der Waals surface area contributed by atoms with Crippen LogP contribution in [-0.4, -0.2) is 25.9 Å². The Kier molecular flexibility index (Phi) is 5.42. The van der Waals surface area contributed by atoms with Crippen LogP contribution in [0.3, 0.4) is 0 Å². The van der Waals surface area contributed by atoms with Crippen LogP contribution in [0.1, 0.15) is 45.2 Å². The third-order valence-corrected chi connectivity index (χ3v) is 5.00. The molecule has 0 radical (unpaired) electrons. The molecule has 3 aromatic heterocycles. The first-order chi connectivity index (χ1) is 14.1. The zero-order chi connectivity index (χ0) is 20.2. The lowest BCUT2D eigenvalue weighted by Crippen LogP contribution is -1.91. The Bertz CT molecular complexity index is 1180. The van der Waals surface area contributed by atoms with Crippen LogP contribution in [-0.2, 0) is 4.79 Å². The highest BCUT2D eigenvalue weighted by Gasteiger charge is 2.10. The molecular formula is C23H25N5O. The maximum absolute atomic E-state index is 11.3. The second-order valence-electron chi connectivity index (χ2n) is 7.32.